The molecular weight excluding hydrogens is 264 g/mol. The topological polar surface area (TPSA) is 105 Å². The van der Waals surface area contributed by atoms with E-state index in [0.717, 1.165) is 5.56 Å². The highest BCUT2D eigenvalue weighted by Gasteiger charge is 2.21. The van der Waals surface area contributed by atoms with Crippen molar-refractivity contribution >= 4 is 22.9 Å². The van der Waals surface area contributed by atoms with Crippen LogP contribution in [-0.2, 0) is 17.6 Å². The predicted molar refractivity (Wildman–Crippen MR) is 70.2 cm³/mol. The minimum Gasteiger partial charge on any atom is -0.481 e. The minimum atomic E-state index is -1.46. The Bertz CT molecular complexity index is 756. The number of aliphatic carboxylic acids is 1. The summed E-state index contributed by atoms with van der Waals surface area (Å²) in [5.41, 5.74) is 0.0827. The molecule has 0 fully saturated rings. The van der Waals surface area contributed by atoms with E-state index in [4.69, 9.17) is 14.6 Å². The number of fused-ring (bicyclic) bond motifs is 1. The average Bonchev–Trinajstić information content (AvgIpc) is 2.40. The summed E-state index contributed by atoms with van der Waals surface area (Å²) < 4.78 is 5.22. The molecule has 0 aliphatic carbocycles. The van der Waals surface area contributed by atoms with Crippen molar-refractivity contribution in [3.63, 3.8) is 0 Å². The second-order valence-electron chi connectivity index (χ2n) is 4.30. The Morgan fingerprint density at radius 2 is 1.95 bits per heavy atom. The van der Waals surface area contributed by atoms with Crippen LogP contribution in [0.4, 0.5) is 0 Å². The fraction of sp³-hybridized carbons (Fsp3) is 0.214. The van der Waals surface area contributed by atoms with E-state index in [1.807, 2.05) is 6.92 Å². The molecule has 0 atom stereocenters. The van der Waals surface area contributed by atoms with Gasteiger partial charge in [0.25, 0.3) is 0 Å². The normalized spacial score (nSPS) is 10.7. The summed E-state index contributed by atoms with van der Waals surface area (Å²) in [6, 6.07) is 4.84. The summed E-state index contributed by atoms with van der Waals surface area (Å²) in [7, 11) is 0. The SMILES string of the molecule is CCc1ccc2c(=O)c(CC(=O)O)c(C(=O)O)oc2c1. The van der Waals surface area contributed by atoms with E-state index in [1.54, 1.807) is 12.1 Å². The first-order valence-corrected chi connectivity index (χ1v) is 5.97. The number of carbonyl (C=O) groups is 2. The van der Waals surface area contributed by atoms with Crippen molar-refractivity contribution < 1.29 is 24.2 Å². The lowest BCUT2D eigenvalue weighted by Gasteiger charge is -2.06. The second-order valence-corrected chi connectivity index (χ2v) is 4.30. The molecule has 6 heteroatoms. The predicted octanol–water partition coefficient (Wildman–Crippen LogP) is 1.68. The Morgan fingerprint density at radius 3 is 2.50 bits per heavy atom. The summed E-state index contributed by atoms with van der Waals surface area (Å²) in [6.07, 6.45) is 0.0222. The van der Waals surface area contributed by atoms with Crippen LogP contribution < -0.4 is 5.43 Å². The molecule has 6 nitrogen and oxygen atoms in total. The van der Waals surface area contributed by atoms with E-state index in [1.165, 1.54) is 6.07 Å². The molecule has 0 amide bonds. The monoisotopic (exact) mass is 276 g/mol. The third kappa shape index (κ3) is 2.40. The number of aryl methyl sites for hydroxylation is 1. The molecular formula is C14H12O6. The van der Waals surface area contributed by atoms with Gasteiger partial charge in [-0.1, -0.05) is 13.0 Å². The fourth-order valence-electron chi connectivity index (χ4n) is 1.98. The van der Waals surface area contributed by atoms with Crippen LogP contribution in [0.1, 0.15) is 28.6 Å². The Morgan fingerprint density at radius 1 is 1.25 bits per heavy atom. The van der Waals surface area contributed by atoms with Crippen molar-refractivity contribution in [2.45, 2.75) is 19.8 Å². The summed E-state index contributed by atoms with van der Waals surface area (Å²) in [6.45, 7) is 1.91. The van der Waals surface area contributed by atoms with Crippen LogP contribution in [0.15, 0.2) is 27.4 Å². The van der Waals surface area contributed by atoms with Crippen molar-refractivity contribution in [3.8, 4) is 0 Å². The third-order valence-corrected chi connectivity index (χ3v) is 2.98. The van der Waals surface area contributed by atoms with E-state index >= 15 is 0 Å². The number of benzene rings is 1. The van der Waals surface area contributed by atoms with Gasteiger partial charge in [-0.2, -0.15) is 0 Å². The van der Waals surface area contributed by atoms with Crippen molar-refractivity contribution in [1.29, 1.82) is 0 Å². The number of hydrogen-bond donors (Lipinski definition) is 2. The molecule has 0 aliphatic heterocycles. The molecule has 1 aromatic carbocycles. The third-order valence-electron chi connectivity index (χ3n) is 2.98. The lowest BCUT2D eigenvalue weighted by molar-refractivity contribution is -0.136. The standard InChI is InChI=1S/C14H12O6/c1-2-7-3-4-8-10(5-7)20-13(14(18)19)9(12(8)17)6-11(15)16/h3-5H,2,6H2,1H3,(H,15,16)(H,18,19). The maximum absolute atomic E-state index is 12.2. The van der Waals surface area contributed by atoms with Gasteiger partial charge in [-0.05, 0) is 24.1 Å². The summed E-state index contributed by atoms with van der Waals surface area (Å²) in [5, 5.41) is 18.0. The quantitative estimate of drug-likeness (QED) is 0.880. The summed E-state index contributed by atoms with van der Waals surface area (Å²) in [5.74, 6) is -3.36. The minimum absolute atomic E-state index is 0.154. The molecule has 0 radical (unpaired) electrons. The number of hydrogen-bond acceptors (Lipinski definition) is 4. The molecule has 1 heterocycles. The van der Waals surface area contributed by atoms with E-state index in [9.17, 15) is 14.4 Å². The maximum Gasteiger partial charge on any atom is 0.372 e. The van der Waals surface area contributed by atoms with Crippen LogP contribution in [0, 0.1) is 0 Å². The van der Waals surface area contributed by atoms with Gasteiger partial charge in [0.2, 0.25) is 5.76 Å². The molecule has 104 valence electrons. The average molecular weight is 276 g/mol. The fourth-order valence-corrected chi connectivity index (χ4v) is 1.98. The van der Waals surface area contributed by atoms with Crippen LogP contribution in [0.3, 0.4) is 0 Å². The van der Waals surface area contributed by atoms with Gasteiger partial charge in [0.1, 0.15) is 5.58 Å². The molecule has 0 spiro atoms. The van der Waals surface area contributed by atoms with E-state index in [0.29, 0.717) is 6.42 Å². The molecule has 0 saturated carbocycles. The van der Waals surface area contributed by atoms with Crippen molar-refractivity contribution in [2.75, 3.05) is 0 Å². The van der Waals surface area contributed by atoms with Gasteiger partial charge in [0.05, 0.1) is 17.4 Å². The van der Waals surface area contributed by atoms with Gasteiger partial charge in [-0.25, -0.2) is 4.79 Å². The Hall–Kier alpha value is -2.63. The van der Waals surface area contributed by atoms with Crippen molar-refractivity contribution in [2.24, 2.45) is 0 Å². The van der Waals surface area contributed by atoms with E-state index in [2.05, 4.69) is 0 Å². The Labute approximate surface area is 113 Å². The molecule has 2 rings (SSSR count). The lowest BCUT2D eigenvalue weighted by Crippen LogP contribution is -2.19. The molecule has 2 aromatic rings. The molecule has 0 saturated heterocycles. The van der Waals surface area contributed by atoms with Crippen LogP contribution in [-0.4, -0.2) is 22.2 Å². The molecule has 20 heavy (non-hydrogen) atoms. The number of carboxylic acid groups (broad SMARTS) is 2. The smallest absolute Gasteiger partial charge is 0.372 e. The molecule has 2 N–H and O–H groups in total. The van der Waals surface area contributed by atoms with Gasteiger partial charge >= 0.3 is 11.9 Å². The molecule has 1 aromatic heterocycles. The van der Waals surface area contributed by atoms with Crippen molar-refractivity contribution in [1.82, 2.24) is 0 Å². The van der Waals surface area contributed by atoms with Gasteiger partial charge in [-0.3, -0.25) is 9.59 Å². The molecule has 0 aliphatic rings. The second kappa shape index (κ2) is 5.16. The highest BCUT2D eigenvalue weighted by atomic mass is 16.4. The largest absolute Gasteiger partial charge is 0.481 e. The highest BCUT2D eigenvalue weighted by molar-refractivity contribution is 5.91. The number of aromatic carboxylic acids is 1. The van der Waals surface area contributed by atoms with E-state index in [-0.39, 0.29) is 16.5 Å². The van der Waals surface area contributed by atoms with Gasteiger partial charge in [0, 0.05) is 0 Å². The van der Waals surface area contributed by atoms with Gasteiger partial charge < -0.3 is 14.6 Å². The molecule has 0 bridgehead atoms. The highest BCUT2D eigenvalue weighted by Crippen LogP contribution is 2.18. The van der Waals surface area contributed by atoms with Crippen LogP contribution >= 0.6 is 0 Å². The Kier molecular flexibility index (Phi) is 3.56. The summed E-state index contributed by atoms with van der Waals surface area (Å²) >= 11 is 0. The molecule has 0 unspecified atom stereocenters. The first kappa shape index (κ1) is 13.8. The lowest BCUT2D eigenvalue weighted by atomic mass is 10.0. The van der Waals surface area contributed by atoms with Crippen LogP contribution in [0.2, 0.25) is 0 Å². The number of rotatable bonds is 4. The first-order valence-electron chi connectivity index (χ1n) is 5.97. The maximum atomic E-state index is 12.2. The zero-order valence-electron chi connectivity index (χ0n) is 10.7. The Balaban J connectivity index is 2.81. The van der Waals surface area contributed by atoms with Crippen LogP contribution in [0.5, 0.6) is 0 Å². The van der Waals surface area contributed by atoms with Gasteiger partial charge in [-0.15, -0.1) is 0 Å². The van der Waals surface area contributed by atoms with Gasteiger partial charge in [0.15, 0.2) is 5.43 Å². The van der Waals surface area contributed by atoms with Crippen molar-refractivity contribution in [3.05, 3.63) is 45.3 Å². The summed E-state index contributed by atoms with van der Waals surface area (Å²) in [4.78, 5) is 34.1. The number of carboxylic acids is 2. The first-order chi connectivity index (χ1) is 9.43. The van der Waals surface area contributed by atoms with Crippen LogP contribution in [0.25, 0.3) is 11.0 Å². The van der Waals surface area contributed by atoms with E-state index < -0.39 is 29.5 Å². The zero-order chi connectivity index (χ0) is 14.9. The zero-order valence-corrected chi connectivity index (χ0v) is 10.7.